The van der Waals surface area contributed by atoms with Gasteiger partial charge in [-0.05, 0) is 25.7 Å². The van der Waals surface area contributed by atoms with Gasteiger partial charge < -0.3 is 5.11 Å². The molecule has 0 radical (unpaired) electrons. The van der Waals surface area contributed by atoms with E-state index in [4.69, 9.17) is 0 Å². The number of aliphatic hydroxyl groups is 1. The van der Waals surface area contributed by atoms with E-state index in [1.165, 1.54) is 44.1 Å². The van der Waals surface area contributed by atoms with Crippen molar-refractivity contribution in [1.29, 1.82) is 0 Å². The monoisotopic (exact) mass is 182 g/mol. The number of allylic oxidation sites excluding steroid dienone is 1. The Morgan fingerprint density at radius 2 is 2.08 bits per heavy atom. The highest BCUT2D eigenvalue weighted by molar-refractivity contribution is 5.11. The topological polar surface area (TPSA) is 20.2 Å². The van der Waals surface area contributed by atoms with E-state index in [2.05, 4.69) is 13.0 Å². The zero-order valence-electron chi connectivity index (χ0n) is 8.76. The fourth-order valence-corrected chi connectivity index (χ4v) is 1.94. The second-order valence-corrected chi connectivity index (χ2v) is 4.10. The van der Waals surface area contributed by atoms with Gasteiger partial charge in [0.25, 0.3) is 0 Å². The van der Waals surface area contributed by atoms with Gasteiger partial charge in [0.2, 0.25) is 0 Å². The summed E-state index contributed by atoms with van der Waals surface area (Å²) in [6, 6.07) is 0. The number of unbranched alkanes of at least 4 members (excludes halogenated alkanes) is 4. The molecule has 0 aromatic rings. The highest BCUT2D eigenvalue weighted by atomic mass is 16.3. The van der Waals surface area contributed by atoms with Crippen LogP contribution in [-0.4, -0.2) is 11.2 Å². The van der Waals surface area contributed by atoms with Crippen molar-refractivity contribution in [2.45, 2.75) is 64.4 Å². The van der Waals surface area contributed by atoms with Crippen LogP contribution in [0.1, 0.15) is 58.3 Å². The van der Waals surface area contributed by atoms with E-state index in [-0.39, 0.29) is 6.10 Å². The van der Waals surface area contributed by atoms with E-state index in [1.807, 2.05) is 0 Å². The fourth-order valence-electron chi connectivity index (χ4n) is 1.94. The molecule has 1 aliphatic carbocycles. The Balaban J connectivity index is 1.97. The van der Waals surface area contributed by atoms with Gasteiger partial charge in [-0.15, -0.1) is 0 Å². The molecule has 1 heteroatoms. The molecule has 1 aliphatic rings. The van der Waals surface area contributed by atoms with Crippen molar-refractivity contribution in [2.24, 2.45) is 0 Å². The molecule has 1 N–H and O–H groups in total. The van der Waals surface area contributed by atoms with Crippen LogP contribution in [0.3, 0.4) is 0 Å². The molecule has 1 atom stereocenters. The van der Waals surface area contributed by atoms with E-state index in [1.54, 1.807) is 0 Å². The Labute approximate surface area is 81.9 Å². The minimum absolute atomic E-state index is 0.134. The Hall–Kier alpha value is -0.300. The van der Waals surface area contributed by atoms with Crippen LogP contribution in [0, 0.1) is 0 Å². The van der Waals surface area contributed by atoms with E-state index in [0.717, 1.165) is 12.8 Å². The molecule has 0 fully saturated rings. The predicted molar refractivity (Wildman–Crippen MR) is 56.7 cm³/mol. The summed E-state index contributed by atoms with van der Waals surface area (Å²) >= 11 is 0. The van der Waals surface area contributed by atoms with Crippen LogP contribution in [0.2, 0.25) is 0 Å². The summed E-state index contributed by atoms with van der Waals surface area (Å²) in [6.07, 6.45) is 12.0. The molecule has 1 unspecified atom stereocenters. The molecule has 0 heterocycles. The van der Waals surface area contributed by atoms with Gasteiger partial charge in [-0.1, -0.05) is 44.3 Å². The van der Waals surface area contributed by atoms with Crippen LogP contribution >= 0.6 is 0 Å². The Morgan fingerprint density at radius 1 is 1.31 bits per heavy atom. The zero-order chi connectivity index (χ0) is 9.52. The van der Waals surface area contributed by atoms with Gasteiger partial charge in [0.05, 0.1) is 6.10 Å². The number of rotatable bonds is 6. The second kappa shape index (κ2) is 6.20. The maximum absolute atomic E-state index is 9.26. The van der Waals surface area contributed by atoms with Crippen LogP contribution < -0.4 is 0 Å². The van der Waals surface area contributed by atoms with Crippen molar-refractivity contribution >= 4 is 0 Å². The molecule has 1 nitrogen and oxygen atoms in total. The molecule has 0 spiro atoms. The van der Waals surface area contributed by atoms with Crippen molar-refractivity contribution in [2.75, 3.05) is 0 Å². The van der Waals surface area contributed by atoms with Crippen LogP contribution in [-0.2, 0) is 0 Å². The lowest BCUT2D eigenvalue weighted by Crippen LogP contribution is -1.93. The smallest absolute Gasteiger partial charge is 0.0726 e. The van der Waals surface area contributed by atoms with Crippen LogP contribution in [0.5, 0.6) is 0 Å². The first-order valence-corrected chi connectivity index (χ1v) is 5.70. The summed E-state index contributed by atoms with van der Waals surface area (Å²) in [7, 11) is 0. The molecule has 0 aromatic carbocycles. The molecule has 0 amide bonds. The molecule has 76 valence electrons. The van der Waals surface area contributed by atoms with Crippen LogP contribution in [0.4, 0.5) is 0 Å². The Morgan fingerprint density at radius 3 is 2.69 bits per heavy atom. The second-order valence-electron chi connectivity index (χ2n) is 4.10. The summed E-state index contributed by atoms with van der Waals surface area (Å²) in [4.78, 5) is 0. The van der Waals surface area contributed by atoms with Gasteiger partial charge in [0.1, 0.15) is 0 Å². The minimum atomic E-state index is -0.134. The fraction of sp³-hybridized carbons (Fsp3) is 0.833. The zero-order valence-corrected chi connectivity index (χ0v) is 8.76. The van der Waals surface area contributed by atoms with Crippen molar-refractivity contribution in [1.82, 2.24) is 0 Å². The van der Waals surface area contributed by atoms with E-state index in [9.17, 15) is 5.11 Å². The molecule has 0 aromatic heterocycles. The number of hydrogen-bond acceptors (Lipinski definition) is 1. The average molecular weight is 182 g/mol. The molecule has 0 saturated carbocycles. The van der Waals surface area contributed by atoms with Crippen molar-refractivity contribution in [3.8, 4) is 0 Å². The van der Waals surface area contributed by atoms with Gasteiger partial charge in [0, 0.05) is 0 Å². The number of hydrogen-bond donors (Lipinski definition) is 1. The molecule has 13 heavy (non-hydrogen) atoms. The molecular formula is C12H22O. The predicted octanol–water partition coefficient (Wildman–Crippen LogP) is 3.43. The number of aliphatic hydroxyl groups excluding tert-OH is 1. The third-order valence-electron chi connectivity index (χ3n) is 2.79. The molecule has 0 bridgehead atoms. The van der Waals surface area contributed by atoms with Gasteiger partial charge in [-0.2, -0.15) is 0 Å². The van der Waals surface area contributed by atoms with Gasteiger partial charge >= 0.3 is 0 Å². The summed E-state index contributed by atoms with van der Waals surface area (Å²) in [6.45, 7) is 2.25. The van der Waals surface area contributed by atoms with E-state index < -0.39 is 0 Å². The molecular weight excluding hydrogens is 160 g/mol. The van der Waals surface area contributed by atoms with Gasteiger partial charge in [-0.3, -0.25) is 0 Å². The van der Waals surface area contributed by atoms with Crippen LogP contribution in [0.15, 0.2) is 11.6 Å². The third-order valence-corrected chi connectivity index (χ3v) is 2.79. The minimum Gasteiger partial charge on any atom is -0.389 e. The molecule has 0 aliphatic heterocycles. The SMILES string of the molecule is CCCCCCCC1=CC(O)CC1. The Kier molecular flexibility index (Phi) is 5.14. The largest absolute Gasteiger partial charge is 0.389 e. The van der Waals surface area contributed by atoms with E-state index >= 15 is 0 Å². The normalized spacial score (nSPS) is 22.0. The lowest BCUT2D eigenvalue weighted by atomic mass is 10.1. The summed E-state index contributed by atoms with van der Waals surface area (Å²) in [5.74, 6) is 0. The van der Waals surface area contributed by atoms with Gasteiger partial charge in [-0.25, -0.2) is 0 Å². The van der Waals surface area contributed by atoms with Crippen molar-refractivity contribution in [3.63, 3.8) is 0 Å². The van der Waals surface area contributed by atoms with E-state index in [0.29, 0.717) is 0 Å². The Bertz CT molecular complexity index is 161. The van der Waals surface area contributed by atoms with Crippen molar-refractivity contribution < 1.29 is 5.11 Å². The van der Waals surface area contributed by atoms with Crippen LogP contribution in [0.25, 0.3) is 0 Å². The highest BCUT2D eigenvalue weighted by Crippen LogP contribution is 2.23. The van der Waals surface area contributed by atoms with Gasteiger partial charge in [0.15, 0.2) is 0 Å². The maximum Gasteiger partial charge on any atom is 0.0726 e. The van der Waals surface area contributed by atoms with Crippen molar-refractivity contribution in [3.05, 3.63) is 11.6 Å². The first-order valence-electron chi connectivity index (χ1n) is 5.70. The quantitative estimate of drug-likeness (QED) is 0.493. The first kappa shape index (κ1) is 10.8. The molecule has 1 rings (SSSR count). The lowest BCUT2D eigenvalue weighted by Gasteiger charge is -2.00. The molecule has 0 saturated heterocycles. The lowest BCUT2D eigenvalue weighted by molar-refractivity contribution is 0.223. The summed E-state index contributed by atoms with van der Waals surface area (Å²) in [5.41, 5.74) is 1.49. The maximum atomic E-state index is 9.26. The first-order chi connectivity index (χ1) is 6.33. The standard InChI is InChI=1S/C12H22O/c1-2-3-4-5-6-7-11-8-9-12(13)10-11/h10,12-13H,2-9H2,1H3. The third kappa shape index (κ3) is 4.47. The average Bonchev–Trinajstić information content (AvgIpc) is 2.51. The summed E-state index contributed by atoms with van der Waals surface area (Å²) < 4.78 is 0. The highest BCUT2D eigenvalue weighted by Gasteiger charge is 2.11. The summed E-state index contributed by atoms with van der Waals surface area (Å²) in [5, 5.41) is 9.26.